The predicted molar refractivity (Wildman–Crippen MR) is 47.0 cm³/mol. The zero-order chi connectivity index (χ0) is 11.2. The molecule has 0 atom stereocenters. The van der Waals surface area contributed by atoms with Crippen LogP contribution in [0.25, 0.3) is 0 Å². The smallest absolute Gasteiger partial charge is 0.313 e. The normalized spacial score (nSPS) is 12.9. The van der Waals surface area contributed by atoms with Crippen molar-refractivity contribution in [1.82, 2.24) is 10.6 Å². The van der Waals surface area contributed by atoms with Gasteiger partial charge in [0, 0.05) is 19.1 Å². The van der Waals surface area contributed by atoms with Crippen LogP contribution in [0.15, 0.2) is 0 Å². The van der Waals surface area contributed by atoms with Gasteiger partial charge in [0.05, 0.1) is 6.54 Å². The van der Waals surface area contributed by atoms with Gasteiger partial charge in [-0.3, -0.25) is 0 Å². The summed E-state index contributed by atoms with van der Waals surface area (Å²) < 4.78 is 47.9. The number of nitrogens with one attached hydrogen (secondary N) is 2. The summed E-state index contributed by atoms with van der Waals surface area (Å²) in [7, 11) is 0. The fourth-order valence-electron chi connectivity index (χ4n) is 0.781. The number of alkyl halides is 4. The van der Waals surface area contributed by atoms with Crippen LogP contribution in [0.3, 0.4) is 0 Å². The lowest BCUT2D eigenvalue weighted by molar-refractivity contribution is -0.125. The highest BCUT2D eigenvalue weighted by Crippen LogP contribution is 2.21. The largest absolute Gasteiger partial charge is 0.319 e. The van der Waals surface area contributed by atoms with Gasteiger partial charge in [0.1, 0.15) is 0 Å². The summed E-state index contributed by atoms with van der Waals surface area (Å²) in [5.74, 6) is -3.93. The van der Waals surface area contributed by atoms with Gasteiger partial charge in [0.15, 0.2) is 0 Å². The van der Waals surface area contributed by atoms with Crippen molar-refractivity contribution in [2.45, 2.75) is 32.2 Å². The molecule has 0 aliphatic rings. The maximum atomic E-state index is 12.3. The Morgan fingerprint density at radius 2 is 1.71 bits per heavy atom. The maximum absolute atomic E-state index is 12.3. The molecule has 6 heteroatoms. The zero-order valence-electron chi connectivity index (χ0n) is 8.29. The second-order valence-electron chi connectivity index (χ2n) is 3.35. The summed E-state index contributed by atoms with van der Waals surface area (Å²) in [6.45, 7) is 3.57. The van der Waals surface area contributed by atoms with E-state index >= 15 is 0 Å². The zero-order valence-corrected chi connectivity index (χ0v) is 8.29. The lowest BCUT2D eigenvalue weighted by Crippen LogP contribution is -2.41. The third kappa shape index (κ3) is 6.15. The van der Waals surface area contributed by atoms with E-state index in [1.807, 2.05) is 13.8 Å². The van der Waals surface area contributed by atoms with Gasteiger partial charge in [-0.1, -0.05) is 13.8 Å². The molecule has 0 aliphatic heterocycles. The molecule has 0 spiro atoms. The van der Waals surface area contributed by atoms with Gasteiger partial charge in [-0.15, -0.1) is 0 Å². The molecule has 0 amide bonds. The Morgan fingerprint density at radius 3 is 2.14 bits per heavy atom. The Balaban J connectivity index is 3.45. The van der Waals surface area contributed by atoms with Crippen LogP contribution in [0.5, 0.6) is 0 Å². The van der Waals surface area contributed by atoms with Crippen LogP contribution in [0, 0.1) is 0 Å². The summed E-state index contributed by atoms with van der Waals surface area (Å²) in [6, 6.07) is 0.257. The Labute approximate surface area is 81.1 Å². The molecule has 0 bridgehead atoms. The molecule has 0 saturated carbocycles. The highest BCUT2D eigenvalue weighted by Gasteiger charge is 2.39. The van der Waals surface area contributed by atoms with Crippen molar-refractivity contribution in [3.8, 4) is 0 Å². The second kappa shape index (κ2) is 6.19. The molecule has 0 aromatic heterocycles. The lowest BCUT2D eigenvalue weighted by Gasteiger charge is -2.16. The van der Waals surface area contributed by atoms with Crippen LogP contribution < -0.4 is 10.6 Å². The van der Waals surface area contributed by atoms with Crippen LogP contribution in [-0.2, 0) is 0 Å². The summed E-state index contributed by atoms with van der Waals surface area (Å²) >= 11 is 0. The van der Waals surface area contributed by atoms with Crippen molar-refractivity contribution < 1.29 is 17.6 Å². The van der Waals surface area contributed by atoms with Gasteiger partial charge >= 0.3 is 12.3 Å². The average Bonchev–Trinajstić information content (AvgIpc) is 2.02. The Hall–Kier alpha value is -0.360. The van der Waals surface area contributed by atoms with E-state index in [2.05, 4.69) is 10.6 Å². The first-order valence-corrected chi connectivity index (χ1v) is 4.46. The van der Waals surface area contributed by atoms with Crippen molar-refractivity contribution >= 4 is 0 Å². The molecule has 2 nitrogen and oxygen atoms in total. The number of hydrogen-bond acceptors (Lipinski definition) is 2. The Morgan fingerprint density at radius 1 is 1.14 bits per heavy atom. The molecule has 86 valence electrons. The van der Waals surface area contributed by atoms with E-state index in [0.717, 1.165) is 0 Å². The minimum atomic E-state index is -3.93. The van der Waals surface area contributed by atoms with Crippen LogP contribution in [-0.4, -0.2) is 38.0 Å². The topological polar surface area (TPSA) is 24.1 Å². The molecule has 0 aromatic carbocycles. The van der Waals surface area contributed by atoms with E-state index in [1.54, 1.807) is 0 Å². The first kappa shape index (κ1) is 13.6. The molecule has 0 heterocycles. The van der Waals surface area contributed by atoms with Crippen molar-refractivity contribution in [3.63, 3.8) is 0 Å². The molecule has 2 N–H and O–H groups in total. The number of halogens is 4. The fourth-order valence-corrected chi connectivity index (χ4v) is 0.781. The van der Waals surface area contributed by atoms with Crippen LogP contribution in [0.1, 0.15) is 13.8 Å². The SMILES string of the molecule is CC(C)NCCNCC(F)(F)C(F)F. The molecule has 0 unspecified atom stereocenters. The van der Waals surface area contributed by atoms with E-state index in [9.17, 15) is 17.6 Å². The Kier molecular flexibility index (Phi) is 6.03. The van der Waals surface area contributed by atoms with E-state index < -0.39 is 18.9 Å². The summed E-state index contributed by atoms with van der Waals surface area (Å²) in [5.41, 5.74) is 0. The van der Waals surface area contributed by atoms with Gasteiger partial charge in [0.2, 0.25) is 0 Å². The van der Waals surface area contributed by atoms with Gasteiger partial charge in [-0.05, 0) is 0 Å². The summed E-state index contributed by atoms with van der Waals surface area (Å²) in [5, 5.41) is 5.24. The van der Waals surface area contributed by atoms with Crippen LogP contribution >= 0.6 is 0 Å². The molecule has 0 saturated heterocycles. The Bertz CT molecular complexity index is 150. The highest BCUT2D eigenvalue weighted by atomic mass is 19.3. The molecule has 14 heavy (non-hydrogen) atoms. The monoisotopic (exact) mass is 216 g/mol. The van der Waals surface area contributed by atoms with E-state index in [0.29, 0.717) is 6.54 Å². The van der Waals surface area contributed by atoms with Crippen molar-refractivity contribution in [2.24, 2.45) is 0 Å². The first-order valence-electron chi connectivity index (χ1n) is 4.46. The van der Waals surface area contributed by atoms with Gasteiger partial charge < -0.3 is 10.6 Å². The van der Waals surface area contributed by atoms with Crippen LogP contribution in [0.4, 0.5) is 17.6 Å². The lowest BCUT2D eigenvalue weighted by atomic mass is 10.3. The second-order valence-corrected chi connectivity index (χ2v) is 3.35. The van der Waals surface area contributed by atoms with Crippen molar-refractivity contribution in [3.05, 3.63) is 0 Å². The third-order valence-electron chi connectivity index (χ3n) is 1.53. The van der Waals surface area contributed by atoms with Gasteiger partial charge in [-0.2, -0.15) is 8.78 Å². The minimum Gasteiger partial charge on any atom is -0.313 e. The van der Waals surface area contributed by atoms with Gasteiger partial charge in [0.25, 0.3) is 0 Å². The number of rotatable bonds is 7. The van der Waals surface area contributed by atoms with Gasteiger partial charge in [-0.25, -0.2) is 8.78 Å². The molecule has 0 rings (SSSR count). The standard InChI is InChI=1S/C8H16F4N2/c1-6(2)14-4-3-13-5-8(11,12)7(9)10/h6-7,13-14H,3-5H2,1-2H3. The van der Waals surface area contributed by atoms with Crippen LogP contribution in [0.2, 0.25) is 0 Å². The molecule has 0 radical (unpaired) electrons. The molecular weight excluding hydrogens is 200 g/mol. The molecule has 0 aromatic rings. The third-order valence-corrected chi connectivity index (χ3v) is 1.53. The molecule has 0 fully saturated rings. The summed E-state index contributed by atoms with van der Waals surface area (Å²) in [4.78, 5) is 0. The van der Waals surface area contributed by atoms with Crippen molar-refractivity contribution in [2.75, 3.05) is 19.6 Å². The van der Waals surface area contributed by atoms with Crippen molar-refractivity contribution in [1.29, 1.82) is 0 Å². The number of hydrogen-bond donors (Lipinski definition) is 2. The minimum absolute atomic E-state index is 0.250. The molecular formula is C8H16F4N2. The van der Waals surface area contributed by atoms with E-state index in [-0.39, 0.29) is 12.6 Å². The molecule has 0 aliphatic carbocycles. The maximum Gasteiger partial charge on any atom is 0.319 e. The fraction of sp³-hybridized carbons (Fsp3) is 1.00. The summed E-state index contributed by atoms with van der Waals surface area (Å²) in [6.07, 6.45) is -3.60. The predicted octanol–water partition coefficient (Wildman–Crippen LogP) is 1.47. The van der Waals surface area contributed by atoms with E-state index in [4.69, 9.17) is 0 Å². The average molecular weight is 216 g/mol. The quantitative estimate of drug-likeness (QED) is 0.497. The highest BCUT2D eigenvalue weighted by molar-refractivity contribution is 4.72. The first-order chi connectivity index (χ1) is 6.36. The van der Waals surface area contributed by atoms with E-state index in [1.165, 1.54) is 0 Å².